The van der Waals surface area contributed by atoms with Crippen LogP contribution >= 0.6 is 11.3 Å². The van der Waals surface area contributed by atoms with E-state index in [9.17, 15) is 14.0 Å². The van der Waals surface area contributed by atoms with Crippen LogP contribution in [0.15, 0.2) is 30.5 Å². The van der Waals surface area contributed by atoms with Crippen LogP contribution < -0.4 is 25.8 Å². The lowest BCUT2D eigenvalue weighted by Gasteiger charge is -2.30. The van der Waals surface area contributed by atoms with Gasteiger partial charge in [0.1, 0.15) is 52.6 Å². The molecule has 10 nitrogen and oxygen atoms in total. The van der Waals surface area contributed by atoms with Crippen LogP contribution in [0.3, 0.4) is 0 Å². The molecule has 0 amide bonds. The molecule has 3 aromatic heterocycles. The van der Waals surface area contributed by atoms with E-state index in [-0.39, 0.29) is 73.7 Å². The number of aromatic nitrogens is 3. The van der Waals surface area contributed by atoms with Gasteiger partial charge in [-0.15, -0.1) is 11.3 Å². The molecule has 4 N–H and O–H groups in total. The van der Waals surface area contributed by atoms with Crippen molar-refractivity contribution in [1.82, 2.24) is 19.9 Å². The van der Waals surface area contributed by atoms with E-state index in [4.69, 9.17) is 20.9 Å². The number of hydrogen-bond donors (Lipinski definition) is 2. The van der Waals surface area contributed by atoms with Crippen LogP contribution in [-0.2, 0) is 0 Å². The van der Waals surface area contributed by atoms with Crippen molar-refractivity contribution in [2.75, 3.05) is 49.7 Å². The summed E-state index contributed by atoms with van der Waals surface area (Å²) in [5.41, 5.74) is 10.7. The SMILES string of the molecule is COc1nc2c3c(c(C(F)F)c(-c4ccc(F)c5sc(N)c(C#N)c45)c(F)c3n1)OCCN2[C@H](C)c1cccnc1N.FC1CC2CCCN2C1. The first-order chi connectivity index (χ1) is 24.5. The number of benzene rings is 2. The number of anilines is 3. The van der Waals surface area contributed by atoms with E-state index in [2.05, 4.69) is 19.9 Å². The maximum absolute atomic E-state index is 16.7. The number of methoxy groups -OCH3 is 1. The Balaban J connectivity index is 0.000000389. The molecule has 2 fully saturated rings. The minimum atomic E-state index is -3.25. The summed E-state index contributed by atoms with van der Waals surface area (Å²) in [6.45, 7) is 3.74. The van der Waals surface area contributed by atoms with Gasteiger partial charge in [0.2, 0.25) is 0 Å². The van der Waals surface area contributed by atoms with Gasteiger partial charge in [-0.25, -0.2) is 26.9 Å². The number of nitrogen functional groups attached to an aromatic ring is 2. The zero-order valence-electron chi connectivity index (χ0n) is 27.6. The summed E-state index contributed by atoms with van der Waals surface area (Å²) in [5, 5.41) is 9.56. The number of nitriles is 1. The summed E-state index contributed by atoms with van der Waals surface area (Å²) in [4.78, 5) is 16.8. The Labute approximate surface area is 293 Å². The zero-order valence-corrected chi connectivity index (χ0v) is 28.4. The van der Waals surface area contributed by atoms with Gasteiger partial charge >= 0.3 is 6.01 Å². The fourth-order valence-corrected chi connectivity index (χ4v) is 8.37. The zero-order chi connectivity index (χ0) is 36.1. The monoisotopic (exact) mass is 724 g/mol. The summed E-state index contributed by atoms with van der Waals surface area (Å²) in [6, 6.07) is 7.41. The van der Waals surface area contributed by atoms with Gasteiger partial charge in [0.15, 0.2) is 5.82 Å². The fraction of sp³-hybridized carbons (Fsp3) is 0.371. The van der Waals surface area contributed by atoms with Crippen LogP contribution in [0.4, 0.5) is 38.6 Å². The van der Waals surface area contributed by atoms with E-state index < -0.39 is 41.4 Å². The van der Waals surface area contributed by atoms with E-state index in [1.807, 2.05) is 13.0 Å². The summed E-state index contributed by atoms with van der Waals surface area (Å²) < 4.78 is 85.3. The third-order valence-electron chi connectivity index (χ3n) is 9.74. The molecule has 3 aliphatic rings. The van der Waals surface area contributed by atoms with Gasteiger partial charge in [0.05, 0.1) is 40.9 Å². The van der Waals surface area contributed by atoms with Crippen molar-refractivity contribution < 1.29 is 31.4 Å². The van der Waals surface area contributed by atoms with Crippen molar-refractivity contribution in [3.8, 4) is 29.0 Å². The molecular formula is C35H33F5N8O2S. The maximum atomic E-state index is 16.7. The summed E-state index contributed by atoms with van der Waals surface area (Å²) in [7, 11) is 1.29. The molecule has 0 spiro atoms. The predicted molar refractivity (Wildman–Crippen MR) is 185 cm³/mol. The highest BCUT2D eigenvalue weighted by Crippen LogP contribution is 2.52. The lowest BCUT2D eigenvalue weighted by atomic mass is 9.92. The lowest BCUT2D eigenvalue weighted by Crippen LogP contribution is -2.31. The van der Waals surface area contributed by atoms with E-state index in [1.54, 1.807) is 17.0 Å². The Morgan fingerprint density at radius 2 is 1.94 bits per heavy atom. The van der Waals surface area contributed by atoms with Gasteiger partial charge in [-0.2, -0.15) is 15.2 Å². The minimum absolute atomic E-state index is 0.0291. The Bertz CT molecular complexity index is 2180. The molecule has 2 unspecified atom stereocenters. The van der Waals surface area contributed by atoms with Crippen molar-refractivity contribution in [1.29, 1.82) is 5.26 Å². The Morgan fingerprint density at radius 3 is 2.65 bits per heavy atom. The normalized spacial score (nSPS) is 19.0. The Morgan fingerprint density at radius 1 is 1.14 bits per heavy atom. The number of hydrogen-bond acceptors (Lipinski definition) is 11. The highest BCUT2D eigenvalue weighted by Gasteiger charge is 2.37. The molecule has 2 saturated heterocycles. The fourth-order valence-electron chi connectivity index (χ4n) is 7.42. The first-order valence-corrected chi connectivity index (χ1v) is 17.1. The van der Waals surface area contributed by atoms with Crippen LogP contribution in [0.2, 0.25) is 0 Å². The molecule has 266 valence electrons. The summed E-state index contributed by atoms with van der Waals surface area (Å²) in [5.74, 6) is -1.86. The molecule has 6 heterocycles. The van der Waals surface area contributed by atoms with Crippen LogP contribution in [-0.4, -0.2) is 65.4 Å². The van der Waals surface area contributed by atoms with Crippen molar-refractivity contribution in [3.05, 3.63) is 58.8 Å². The molecule has 0 aliphatic carbocycles. The molecule has 3 aliphatic heterocycles. The second-order valence-corrected chi connectivity index (χ2v) is 13.6. The highest BCUT2D eigenvalue weighted by atomic mass is 32.1. The number of halogens is 5. The van der Waals surface area contributed by atoms with Gasteiger partial charge in [-0.3, -0.25) is 4.90 Å². The van der Waals surface area contributed by atoms with Gasteiger partial charge in [0, 0.05) is 35.3 Å². The molecular weight excluding hydrogens is 691 g/mol. The molecule has 0 saturated carbocycles. The van der Waals surface area contributed by atoms with Crippen molar-refractivity contribution in [2.45, 2.75) is 50.9 Å². The molecule has 3 atom stereocenters. The minimum Gasteiger partial charge on any atom is -0.490 e. The van der Waals surface area contributed by atoms with Gasteiger partial charge in [-0.1, -0.05) is 12.1 Å². The third-order valence-corrected chi connectivity index (χ3v) is 10.8. The number of nitrogens with two attached hydrogens (primary N) is 2. The summed E-state index contributed by atoms with van der Waals surface area (Å²) in [6.07, 6.45) is 1.10. The number of thiophene rings is 1. The average molecular weight is 725 g/mol. The van der Waals surface area contributed by atoms with Crippen LogP contribution in [0.5, 0.6) is 11.8 Å². The topological polar surface area (TPSA) is 139 Å². The third kappa shape index (κ3) is 5.87. The molecule has 5 aromatic rings. The van der Waals surface area contributed by atoms with Crippen molar-refractivity contribution >= 4 is 49.0 Å². The molecule has 0 radical (unpaired) electrons. The first kappa shape index (κ1) is 34.4. The Kier molecular flexibility index (Phi) is 9.19. The second kappa shape index (κ2) is 13.6. The number of nitrogens with zero attached hydrogens (tertiary/aromatic N) is 6. The average Bonchev–Trinajstić information content (AvgIpc) is 3.76. The van der Waals surface area contributed by atoms with E-state index >= 15 is 13.2 Å². The first-order valence-electron chi connectivity index (χ1n) is 16.3. The lowest BCUT2D eigenvalue weighted by molar-refractivity contribution is 0.146. The number of ether oxygens (including phenoxy) is 2. The summed E-state index contributed by atoms with van der Waals surface area (Å²) >= 11 is 0.769. The number of pyridine rings is 1. The predicted octanol–water partition coefficient (Wildman–Crippen LogP) is 7.32. The van der Waals surface area contributed by atoms with Gasteiger partial charge < -0.3 is 25.8 Å². The van der Waals surface area contributed by atoms with Crippen molar-refractivity contribution in [2.24, 2.45) is 0 Å². The van der Waals surface area contributed by atoms with Gasteiger partial charge in [-0.05, 0) is 50.4 Å². The standard InChI is InChI=1S/C28H21F4N7O2S.C7H12FN/c1-11(12-4-3-7-36-25(12)34)39-8-9-41-22-18(24(31)32)17(20(30)21-19(22)27(39)38-28(37-21)40-2)13-5-6-15(29)23-16(13)14(10-33)26(35)42-23;8-6-4-7-2-1-3-9(7)5-6/h3-7,11,24H,8-9,35H2,1-2H3,(H2,34,36);6-7H,1-5H2/t11-;/m1./s1. The molecule has 51 heavy (non-hydrogen) atoms. The van der Waals surface area contributed by atoms with Crippen molar-refractivity contribution in [3.63, 3.8) is 0 Å². The van der Waals surface area contributed by atoms with Gasteiger partial charge in [0.25, 0.3) is 6.43 Å². The van der Waals surface area contributed by atoms with Crippen LogP contribution in [0.25, 0.3) is 32.1 Å². The van der Waals surface area contributed by atoms with Crippen LogP contribution in [0.1, 0.15) is 55.3 Å². The smallest absolute Gasteiger partial charge is 0.318 e. The van der Waals surface area contributed by atoms with Crippen LogP contribution in [0, 0.1) is 23.0 Å². The molecule has 2 aromatic carbocycles. The largest absolute Gasteiger partial charge is 0.490 e. The molecule has 0 bridgehead atoms. The second-order valence-electron chi connectivity index (χ2n) is 12.6. The highest BCUT2D eigenvalue weighted by molar-refractivity contribution is 7.23. The Hall–Kier alpha value is -5.01. The molecule has 8 rings (SSSR count). The number of rotatable bonds is 5. The molecule has 16 heteroatoms. The van der Waals surface area contributed by atoms with E-state index in [1.165, 1.54) is 26.1 Å². The number of fused-ring (bicyclic) bond motifs is 2. The number of alkyl halides is 3. The van der Waals surface area contributed by atoms with E-state index in [0.29, 0.717) is 18.2 Å². The maximum Gasteiger partial charge on any atom is 0.318 e. The quantitative estimate of drug-likeness (QED) is 0.177. The van der Waals surface area contributed by atoms with E-state index in [0.717, 1.165) is 36.4 Å².